The van der Waals surface area contributed by atoms with Crippen LogP contribution in [0.15, 0.2) is 35.9 Å². The highest BCUT2D eigenvalue weighted by Crippen LogP contribution is 2.12. The van der Waals surface area contributed by atoms with Crippen LogP contribution in [-0.2, 0) is 0 Å². The summed E-state index contributed by atoms with van der Waals surface area (Å²) in [6.45, 7) is 1.61. The van der Waals surface area contributed by atoms with Crippen molar-refractivity contribution in [1.82, 2.24) is 0 Å². The average Bonchev–Trinajstić information content (AvgIpc) is 2.18. The summed E-state index contributed by atoms with van der Waals surface area (Å²) in [5.74, 6) is 0. The molecule has 0 amide bonds. The number of rotatable bonds is 3. The Balaban J connectivity index is 2.79. The first-order valence-electron chi connectivity index (χ1n) is 4.38. The standard InChI is InChI=1S/C11H13F2N/c1-8(10(14)11(12)13)7-9-5-3-2-4-6-9/h2-7,10-11H,14H2,1H3/b8-7+. The molecule has 0 spiro atoms. The SMILES string of the molecule is C/C(=C\c1ccccc1)C(N)C(F)F. The molecule has 1 aromatic rings. The average molecular weight is 197 g/mol. The van der Waals surface area contributed by atoms with Gasteiger partial charge in [-0.3, -0.25) is 0 Å². The molecule has 2 N–H and O–H groups in total. The second kappa shape index (κ2) is 4.86. The molecule has 0 fully saturated rings. The van der Waals surface area contributed by atoms with E-state index in [2.05, 4.69) is 0 Å². The molecule has 1 unspecified atom stereocenters. The quantitative estimate of drug-likeness (QED) is 0.792. The lowest BCUT2D eigenvalue weighted by atomic mass is 10.1. The molecule has 76 valence electrons. The second-order valence-electron chi connectivity index (χ2n) is 3.16. The van der Waals surface area contributed by atoms with Gasteiger partial charge in [0.25, 0.3) is 6.43 Å². The number of nitrogens with two attached hydrogens (primary N) is 1. The van der Waals surface area contributed by atoms with Crippen molar-refractivity contribution in [3.05, 3.63) is 41.5 Å². The fourth-order valence-electron chi connectivity index (χ4n) is 1.11. The highest BCUT2D eigenvalue weighted by molar-refractivity contribution is 5.53. The lowest BCUT2D eigenvalue weighted by Gasteiger charge is -2.10. The Bertz CT molecular complexity index is 306. The van der Waals surface area contributed by atoms with Crippen LogP contribution < -0.4 is 5.73 Å². The molecule has 1 rings (SSSR count). The molecule has 0 saturated carbocycles. The van der Waals surface area contributed by atoms with Crippen molar-refractivity contribution >= 4 is 6.08 Å². The van der Waals surface area contributed by atoms with Gasteiger partial charge in [-0.25, -0.2) is 8.78 Å². The van der Waals surface area contributed by atoms with E-state index in [4.69, 9.17) is 5.73 Å². The topological polar surface area (TPSA) is 26.0 Å². The first kappa shape index (κ1) is 10.9. The summed E-state index contributed by atoms with van der Waals surface area (Å²) in [7, 11) is 0. The van der Waals surface area contributed by atoms with Gasteiger partial charge in [0.1, 0.15) is 0 Å². The van der Waals surface area contributed by atoms with Gasteiger partial charge < -0.3 is 5.73 Å². The summed E-state index contributed by atoms with van der Waals surface area (Å²) in [6, 6.07) is 8.11. The Morgan fingerprint density at radius 3 is 2.36 bits per heavy atom. The Morgan fingerprint density at radius 1 is 1.29 bits per heavy atom. The second-order valence-corrected chi connectivity index (χ2v) is 3.16. The smallest absolute Gasteiger partial charge is 0.257 e. The number of hydrogen-bond donors (Lipinski definition) is 1. The third-order valence-corrected chi connectivity index (χ3v) is 1.99. The minimum atomic E-state index is -2.50. The molecular formula is C11H13F2N. The third-order valence-electron chi connectivity index (χ3n) is 1.99. The molecule has 3 heteroatoms. The van der Waals surface area contributed by atoms with E-state index in [1.807, 2.05) is 30.3 Å². The zero-order valence-corrected chi connectivity index (χ0v) is 7.95. The zero-order valence-electron chi connectivity index (χ0n) is 7.95. The van der Waals surface area contributed by atoms with Gasteiger partial charge in [-0.2, -0.15) is 0 Å². The Hall–Kier alpha value is -1.22. The van der Waals surface area contributed by atoms with Gasteiger partial charge in [-0.1, -0.05) is 42.0 Å². The molecule has 1 nitrogen and oxygen atoms in total. The molecule has 0 aromatic heterocycles. The monoisotopic (exact) mass is 197 g/mol. The van der Waals surface area contributed by atoms with Crippen LogP contribution >= 0.6 is 0 Å². The van der Waals surface area contributed by atoms with Crippen LogP contribution in [-0.4, -0.2) is 12.5 Å². The first-order valence-corrected chi connectivity index (χ1v) is 4.38. The number of alkyl halides is 2. The van der Waals surface area contributed by atoms with Crippen molar-refractivity contribution in [3.8, 4) is 0 Å². The Labute approximate surface area is 82.2 Å². The van der Waals surface area contributed by atoms with Crippen molar-refractivity contribution in [3.63, 3.8) is 0 Å². The van der Waals surface area contributed by atoms with Crippen LogP contribution in [0.5, 0.6) is 0 Å². The van der Waals surface area contributed by atoms with E-state index in [0.717, 1.165) is 5.56 Å². The maximum atomic E-state index is 12.2. The molecule has 0 aliphatic heterocycles. The van der Waals surface area contributed by atoms with Crippen LogP contribution in [0.3, 0.4) is 0 Å². The summed E-state index contributed by atoms with van der Waals surface area (Å²) >= 11 is 0. The van der Waals surface area contributed by atoms with Gasteiger partial charge in [0.2, 0.25) is 0 Å². The van der Waals surface area contributed by atoms with E-state index in [0.29, 0.717) is 5.57 Å². The van der Waals surface area contributed by atoms with E-state index >= 15 is 0 Å². The minimum absolute atomic E-state index is 0.492. The van der Waals surface area contributed by atoms with Gasteiger partial charge in [0.05, 0.1) is 6.04 Å². The van der Waals surface area contributed by atoms with Gasteiger partial charge in [-0.05, 0) is 12.5 Å². The predicted molar refractivity (Wildman–Crippen MR) is 54.1 cm³/mol. The van der Waals surface area contributed by atoms with Crippen molar-refractivity contribution in [1.29, 1.82) is 0 Å². The van der Waals surface area contributed by atoms with Gasteiger partial charge in [0.15, 0.2) is 0 Å². The summed E-state index contributed by atoms with van der Waals surface area (Å²) in [4.78, 5) is 0. The van der Waals surface area contributed by atoms with E-state index in [1.54, 1.807) is 13.0 Å². The minimum Gasteiger partial charge on any atom is -0.320 e. The normalized spacial score (nSPS) is 14.5. The summed E-state index contributed by atoms with van der Waals surface area (Å²) < 4.78 is 24.4. The van der Waals surface area contributed by atoms with Gasteiger partial charge in [-0.15, -0.1) is 0 Å². The van der Waals surface area contributed by atoms with Crippen molar-refractivity contribution in [2.45, 2.75) is 19.4 Å². The number of benzene rings is 1. The lowest BCUT2D eigenvalue weighted by molar-refractivity contribution is 0.129. The Morgan fingerprint density at radius 2 is 1.86 bits per heavy atom. The zero-order chi connectivity index (χ0) is 10.6. The molecule has 14 heavy (non-hydrogen) atoms. The molecular weight excluding hydrogens is 184 g/mol. The van der Waals surface area contributed by atoms with Crippen molar-refractivity contribution in [2.75, 3.05) is 0 Å². The Kier molecular flexibility index (Phi) is 3.77. The molecule has 0 heterocycles. The maximum Gasteiger partial charge on any atom is 0.257 e. The molecule has 0 aliphatic carbocycles. The summed E-state index contributed by atoms with van der Waals surface area (Å²) in [5.41, 5.74) is 6.67. The fourth-order valence-corrected chi connectivity index (χ4v) is 1.11. The first-order chi connectivity index (χ1) is 6.61. The van der Waals surface area contributed by atoms with E-state index in [-0.39, 0.29) is 0 Å². The van der Waals surface area contributed by atoms with Crippen LogP contribution in [0.25, 0.3) is 6.08 Å². The van der Waals surface area contributed by atoms with Crippen LogP contribution in [0.2, 0.25) is 0 Å². The molecule has 1 atom stereocenters. The molecule has 1 aromatic carbocycles. The maximum absolute atomic E-state index is 12.2. The molecule has 0 saturated heterocycles. The summed E-state index contributed by atoms with van der Waals surface area (Å²) in [5, 5.41) is 0. The van der Waals surface area contributed by atoms with Crippen molar-refractivity contribution in [2.24, 2.45) is 5.73 Å². The van der Waals surface area contributed by atoms with E-state index in [1.165, 1.54) is 0 Å². The molecule has 0 radical (unpaired) electrons. The summed E-state index contributed by atoms with van der Waals surface area (Å²) in [6.07, 6.45) is -0.827. The van der Waals surface area contributed by atoms with E-state index < -0.39 is 12.5 Å². The largest absolute Gasteiger partial charge is 0.320 e. The van der Waals surface area contributed by atoms with Crippen LogP contribution in [0.1, 0.15) is 12.5 Å². The highest BCUT2D eigenvalue weighted by atomic mass is 19.3. The van der Waals surface area contributed by atoms with E-state index in [9.17, 15) is 8.78 Å². The van der Waals surface area contributed by atoms with Gasteiger partial charge in [0, 0.05) is 0 Å². The van der Waals surface area contributed by atoms with Crippen LogP contribution in [0, 0.1) is 0 Å². The van der Waals surface area contributed by atoms with Crippen molar-refractivity contribution < 1.29 is 8.78 Å². The highest BCUT2D eigenvalue weighted by Gasteiger charge is 2.16. The molecule has 0 aliphatic rings. The predicted octanol–water partition coefficient (Wildman–Crippen LogP) is 2.68. The number of hydrogen-bond acceptors (Lipinski definition) is 1. The third kappa shape index (κ3) is 2.92. The van der Waals surface area contributed by atoms with Crippen LogP contribution in [0.4, 0.5) is 8.78 Å². The molecule has 0 bridgehead atoms. The van der Waals surface area contributed by atoms with Gasteiger partial charge >= 0.3 is 0 Å². The number of halogens is 2. The lowest BCUT2D eigenvalue weighted by Crippen LogP contribution is -2.29. The fraction of sp³-hybridized carbons (Fsp3) is 0.273.